The van der Waals surface area contributed by atoms with Crippen molar-refractivity contribution < 1.29 is 9.90 Å². The molecule has 0 radical (unpaired) electrons. The number of hydrogen-bond acceptors (Lipinski definition) is 3. The van der Waals surface area contributed by atoms with Gasteiger partial charge in [0, 0.05) is 24.7 Å². The molecular formula is C11H20N2O2. The van der Waals surface area contributed by atoms with E-state index in [2.05, 4.69) is 17.1 Å². The molecule has 2 rings (SSSR count). The van der Waals surface area contributed by atoms with Gasteiger partial charge in [0.05, 0.1) is 5.92 Å². The average molecular weight is 212 g/mol. The van der Waals surface area contributed by atoms with Crippen molar-refractivity contribution in [2.75, 3.05) is 13.1 Å². The molecule has 0 saturated carbocycles. The summed E-state index contributed by atoms with van der Waals surface area (Å²) < 4.78 is 0. The third-order valence-electron chi connectivity index (χ3n) is 3.98. The van der Waals surface area contributed by atoms with Crippen LogP contribution in [0.1, 0.15) is 26.7 Å². The van der Waals surface area contributed by atoms with E-state index in [0.717, 1.165) is 13.1 Å². The van der Waals surface area contributed by atoms with Crippen molar-refractivity contribution in [2.24, 2.45) is 5.92 Å². The molecule has 4 atom stereocenters. The molecule has 0 aromatic heterocycles. The standard InChI is InChI=1S/C11H20N2O2/c1-7(11(14)15)10-8(2)13-5-3-4-9(13)6-12-10/h7-10,12H,3-6H2,1-2H3,(H,14,15). The van der Waals surface area contributed by atoms with Gasteiger partial charge in [0.25, 0.3) is 0 Å². The van der Waals surface area contributed by atoms with Gasteiger partial charge in [0.1, 0.15) is 0 Å². The summed E-state index contributed by atoms with van der Waals surface area (Å²) in [6.07, 6.45) is 2.51. The smallest absolute Gasteiger partial charge is 0.307 e. The summed E-state index contributed by atoms with van der Waals surface area (Å²) in [5.74, 6) is -1.00. The zero-order chi connectivity index (χ0) is 11.0. The van der Waals surface area contributed by atoms with Crippen LogP contribution < -0.4 is 5.32 Å². The number of aliphatic carboxylic acids is 1. The molecule has 0 aromatic carbocycles. The molecule has 2 saturated heterocycles. The molecule has 0 aromatic rings. The van der Waals surface area contributed by atoms with Gasteiger partial charge < -0.3 is 10.4 Å². The summed E-state index contributed by atoms with van der Waals surface area (Å²) in [6, 6.07) is 1.08. The van der Waals surface area contributed by atoms with Crippen LogP contribution in [0.25, 0.3) is 0 Å². The lowest BCUT2D eigenvalue weighted by molar-refractivity contribution is -0.143. The lowest BCUT2D eigenvalue weighted by atomic mass is 9.91. The molecule has 2 aliphatic rings. The fourth-order valence-corrected chi connectivity index (χ4v) is 3.01. The molecule has 2 aliphatic heterocycles. The fraction of sp³-hybridized carbons (Fsp3) is 0.909. The van der Waals surface area contributed by atoms with Crippen LogP contribution in [-0.4, -0.2) is 47.2 Å². The van der Waals surface area contributed by atoms with Crippen LogP contribution in [0.2, 0.25) is 0 Å². The molecule has 0 amide bonds. The average Bonchev–Trinajstić information content (AvgIpc) is 2.66. The lowest BCUT2D eigenvalue weighted by Crippen LogP contribution is -2.62. The van der Waals surface area contributed by atoms with Gasteiger partial charge >= 0.3 is 5.97 Å². The first-order chi connectivity index (χ1) is 7.11. The Morgan fingerprint density at radius 2 is 2.33 bits per heavy atom. The monoisotopic (exact) mass is 212 g/mol. The Morgan fingerprint density at radius 1 is 1.60 bits per heavy atom. The Balaban J connectivity index is 2.06. The van der Waals surface area contributed by atoms with Crippen LogP contribution in [0.15, 0.2) is 0 Å². The van der Waals surface area contributed by atoms with Crippen molar-refractivity contribution in [1.29, 1.82) is 0 Å². The highest BCUT2D eigenvalue weighted by molar-refractivity contribution is 5.70. The third kappa shape index (κ3) is 1.88. The van der Waals surface area contributed by atoms with Crippen molar-refractivity contribution >= 4 is 5.97 Å². The molecule has 0 aliphatic carbocycles. The molecule has 2 N–H and O–H groups in total. The highest BCUT2D eigenvalue weighted by atomic mass is 16.4. The van der Waals surface area contributed by atoms with E-state index in [0.29, 0.717) is 12.1 Å². The van der Waals surface area contributed by atoms with Crippen molar-refractivity contribution in [3.8, 4) is 0 Å². The summed E-state index contributed by atoms with van der Waals surface area (Å²) in [5, 5.41) is 12.4. The van der Waals surface area contributed by atoms with Crippen LogP contribution in [0.3, 0.4) is 0 Å². The summed E-state index contributed by atoms with van der Waals surface area (Å²) in [5.41, 5.74) is 0. The molecule has 0 bridgehead atoms. The van der Waals surface area contributed by atoms with Gasteiger partial charge in [0.2, 0.25) is 0 Å². The van der Waals surface area contributed by atoms with E-state index in [1.54, 1.807) is 6.92 Å². The number of piperazine rings is 1. The van der Waals surface area contributed by atoms with Gasteiger partial charge in [-0.1, -0.05) is 6.92 Å². The largest absolute Gasteiger partial charge is 0.481 e. The Bertz CT molecular complexity index is 257. The van der Waals surface area contributed by atoms with E-state index < -0.39 is 5.97 Å². The van der Waals surface area contributed by atoms with Crippen LogP contribution in [0.4, 0.5) is 0 Å². The normalized spacial score (nSPS) is 38.7. The number of hydrogen-bond donors (Lipinski definition) is 2. The van der Waals surface area contributed by atoms with E-state index in [1.807, 2.05) is 0 Å². The van der Waals surface area contributed by atoms with Crippen LogP contribution in [-0.2, 0) is 4.79 Å². The summed E-state index contributed by atoms with van der Waals surface area (Å²) in [6.45, 7) is 6.03. The number of nitrogens with zero attached hydrogens (tertiary/aromatic N) is 1. The van der Waals surface area contributed by atoms with E-state index in [9.17, 15) is 4.79 Å². The Morgan fingerprint density at radius 3 is 3.00 bits per heavy atom. The van der Waals surface area contributed by atoms with Crippen molar-refractivity contribution in [2.45, 2.75) is 44.8 Å². The molecule has 15 heavy (non-hydrogen) atoms. The Hall–Kier alpha value is -0.610. The second-order valence-corrected chi connectivity index (χ2v) is 4.84. The lowest BCUT2D eigenvalue weighted by Gasteiger charge is -2.43. The Kier molecular flexibility index (Phi) is 2.98. The highest BCUT2D eigenvalue weighted by Crippen LogP contribution is 2.27. The van der Waals surface area contributed by atoms with Crippen molar-refractivity contribution in [3.63, 3.8) is 0 Å². The molecule has 4 nitrogen and oxygen atoms in total. The molecule has 4 heteroatoms. The van der Waals surface area contributed by atoms with Crippen LogP contribution in [0, 0.1) is 5.92 Å². The minimum absolute atomic E-state index is 0.0943. The molecular weight excluding hydrogens is 192 g/mol. The predicted octanol–water partition coefficient (Wildman–Crippen LogP) is 0.532. The van der Waals surface area contributed by atoms with E-state index in [4.69, 9.17) is 5.11 Å². The highest BCUT2D eigenvalue weighted by Gasteiger charge is 2.40. The van der Waals surface area contributed by atoms with E-state index in [1.165, 1.54) is 12.8 Å². The Labute approximate surface area is 90.6 Å². The molecule has 2 fully saturated rings. The first kappa shape index (κ1) is 10.9. The maximum Gasteiger partial charge on any atom is 0.307 e. The fourth-order valence-electron chi connectivity index (χ4n) is 3.01. The number of nitrogens with one attached hydrogen (secondary N) is 1. The minimum atomic E-state index is -0.697. The molecule has 0 spiro atoms. The van der Waals surface area contributed by atoms with Gasteiger partial charge in [-0.05, 0) is 26.3 Å². The van der Waals surface area contributed by atoms with Crippen molar-refractivity contribution in [3.05, 3.63) is 0 Å². The van der Waals surface area contributed by atoms with E-state index >= 15 is 0 Å². The van der Waals surface area contributed by atoms with Crippen LogP contribution in [0.5, 0.6) is 0 Å². The third-order valence-corrected chi connectivity index (χ3v) is 3.98. The van der Waals surface area contributed by atoms with Crippen LogP contribution >= 0.6 is 0 Å². The number of carboxylic acid groups (broad SMARTS) is 1. The summed E-state index contributed by atoms with van der Waals surface area (Å²) in [4.78, 5) is 13.5. The zero-order valence-corrected chi connectivity index (χ0v) is 9.44. The second-order valence-electron chi connectivity index (χ2n) is 4.84. The molecule has 4 unspecified atom stereocenters. The maximum atomic E-state index is 11.0. The molecule has 86 valence electrons. The van der Waals surface area contributed by atoms with Gasteiger partial charge in [-0.15, -0.1) is 0 Å². The maximum absolute atomic E-state index is 11.0. The molecule has 2 heterocycles. The topological polar surface area (TPSA) is 52.6 Å². The SMILES string of the molecule is CC(C(=O)O)C1NCC2CCCN2C1C. The van der Waals surface area contributed by atoms with E-state index in [-0.39, 0.29) is 12.0 Å². The number of carbonyl (C=O) groups is 1. The first-order valence-corrected chi connectivity index (χ1v) is 5.83. The predicted molar refractivity (Wildman–Crippen MR) is 57.8 cm³/mol. The van der Waals surface area contributed by atoms with Gasteiger partial charge in [-0.25, -0.2) is 0 Å². The van der Waals surface area contributed by atoms with Gasteiger partial charge in [0.15, 0.2) is 0 Å². The summed E-state index contributed by atoms with van der Waals surface area (Å²) >= 11 is 0. The zero-order valence-electron chi connectivity index (χ0n) is 9.44. The number of fused-ring (bicyclic) bond motifs is 1. The minimum Gasteiger partial charge on any atom is -0.481 e. The van der Waals surface area contributed by atoms with Gasteiger partial charge in [-0.2, -0.15) is 0 Å². The number of rotatable bonds is 2. The van der Waals surface area contributed by atoms with Crippen molar-refractivity contribution in [1.82, 2.24) is 10.2 Å². The number of carboxylic acids is 1. The summed E-state index contributed by atoms with van der Waals surface area (Å²) in [7, 11) is 0. The first-order valence-electron chi connectivity index (χ1n) is 5.83. The van der Waals surface area contributed by atoms with Gasteiger partial charge in [-0.3, -0.25) is 9.69 Å². The second kappa shape index (κ2) is 4.10. The quantitative estimate of drug-likeness (QED) is 0.701.